The van der Waals surface area contributed by atoms with Crippen LogP contribution in [0, 0.1) is 5.92 Å². The fourth-order valence-electron chi connectivity index (χ4n) is 5.15. The average molecular weight is 354 g/mol. The van der Waals surface area contributed by atoms with Gasteiger partial charge in [0.2, 0.25) is 0 Å². The fraction of sp³-hybridized carbons (Fsp3) is 0.370. The standard InChI is InChI=1S/C27H29/c1-2-4-6-9-20(10-7-5-3-1)19-24-16-15-23-14-13-21-11-8-12-22-17-18-25(24)27(23)26(21)22/h8,11-18H,1-7,9-10,19H2. The van der Waals surface area contributed by atoms with E-state index in [9.17, 15) is 0 Å². The van der Waals surface area contributed by atoms with E-state index in [1.807, 2.05) is 0 Å². The van der Waals surface area contributed by atoms with Crippen molar-refractivity contribution in [1.29, 1.82) is 0 Å². The van der Waals surface area contributed by atoms with Gasteiger partial charge in [-0.05, 0) is 63.1 Å². The van der Waals surface area contributed by atoms with Gasteiger partial charge in [0.15, 0.2) is 0 Å². The normalized spacial score (nSPS) is 17.8. The van der Waals surface area contributed by atoms with Crippen LogP contribution in [0.5, 0.6) is 0 Å². The zero-order chi connectivity index (χ0) is 18.1. The molecule has 0 saturated heterocycles. The Balaban J connectivity index is 1.54. The Labute approximate surface area is 162 Å². The van der Waals surface area contributed by atoms with Gasteiger partial charge in [-0.3, -0.25) is 0 Å². The molecule has 27 heavy (non-hydrogen) atoms. The summed E-state index contributed by atoms with van der Waals surface area (Å²) in [4.78, 5) is 0. The van der Waals surface area contributed by atoms with Crippen molar-refractivity contribution < 1.29 is 0 Å². The molecule has 1 aliphatic rings. The summed E-state index contributed by atoms with van der Waals surface area (Å²) in [6.07, 6.45) is 13.8. The molecular formula is C27H29. The third kappa shape index (κ3) is 3.31. The van der Waals surface area contributed by atoms with Crippen molar-refractivity contribution in [3.8, 4) is 0 Å². The van der Waals surface area contributed by atoms with Gasteiger partial charge in [0.05, 0.1) is 0 Å². The third-order valence-electron chi connectivity index (χ3n) is 6.62. The second-order valence-corrected chi connectivity index (χ2v) is 8.48. The molecule has 4 aromatic rings. The van der Waals surface area contributed by atoms with Crippen LogP contribution in [-0.2, 0) is 6.42 Å². The lowest BCUT2D eigenvalue weighted by Crippen LogP contribution is -2.05. The topological polar surface area (TPSA) is 0 Å². The monoisotopic (exact) mass is 353 g/mol. The van der Waals surface area contributed by atoms with E-state index in [0.29, 0.717) is 0 Å². The summed E-state index contributed by atoms with van der Waals surface area (Å²) in [6, 6.07) is 20.7. The predicted molar refractivity (Wildman–Crippen MR) is 119 cm³/mol. The maximum absolute atomic E-state index is 2.40. The van der Waals surface area contributed by atoms with E-state index in [1.54, 1.807) is 5.92 Å². The molecular weight excluding hydrogens is 324 g/mol. The zero-order valence-corrected chi connectivity index (χ0v) is 16.3. The average Bonchev–Trinajstić information content (AvgIpc) is 2.72. The van der Waals surface area contributed by atoms with Gasteiger partial charge in [0, 0.05) is 0 Å². The summed E-state index contributed by atoms with van der Waals surface area (Å²) in [5.74, 6) is 1.78. The van der Waals surface area contributed by atoms with Gasteiger partial charge in [0.1, 0.15) is 0 Å². The molecule has 4 aromatic carbocycles. The Kier molecular flexibility index (Phi) is 4.74. The van der Waals surface area contributed by atoms with Gasteiger partial charge in [0.25, 0.3) is 0 Å². The second kappa shape index (κ2) is 7.50. The zero-order valence-electron chi connectivity index (χ0n) is 16.3. The molecule has 0 nitrogen and oxygen atoms in total. The van der Waals surface area contributed by atoms with Gasteiger partial charge in [-0.2, -0.15) is 0 Å². The number of hydrogen-bond donors (Lipinski definition) is 0. The van der Waals surface area contributed by atoms with Crippen molar-refractivity contribution in [1.82, 2.24) is 0 Å². The Morgan fingerprint density at radius 2 is 1.07 bits per heavy atom. The Morgan fingerprint density at radius 3 is 1.78 bits per heavy atom. The lowest BCUT2D eigenvalue weighted by atomic mass is 9.84. The van der Waals surface area contributed by atoms with E-state index >= 15 is 0 Å². The summed E-state index contributed by atoms with van der Waals surface area (Å²) < 4.78 is 0. The van der Waals surface area contributed by atoms with E-state index in [2.05, 4.69) is 54.6 Å². The Bertz CT molecular complexity index is 1020. The minimum absolute atomic E-state index is 1.17. The first-order valence-electron chi connectivity index (χ1n) is 10.9. The Hall–Kier alpha value is -2.08. The highest BCUT2D eigenvalue weighted by Crippen LogP contribution is 2.37. The molecule has 0 unspecified atom stereocenters. The first kappa shape index (κ1) is 17.0. The van der Waals surface area contributed by atoms with Gasteiger partial charge < -0.3 is 0 Å². The molecule has 0 heteroatoms. The highest BCUT2D eigenvalue weighted by Gasteiger charge is 2.15. The lowest BCUT2D eigenvalue weighted by molar-refractivity contribution is 0.514. The summed E-state index contributed by atoms with van der Waals surface area (Å²) >= 11 is 0. The lowest BCUT2D eigenvalue weighted by Gasteiger charge is -2.20. The minimum Gasteiger partial charge on any atom is -0.0610 e. The summed E-state index contributed by atoms with van der Waals surface area (Å²) in [5, 5.41) is 8.52. The van der Waals surface area contributed by atoms with Crippen LogP contribution in [0.1, 0.15) is 63.4 Å². The maximum atomic E-state index is 2.40. The van der Waals surface area contributed by atoms with Crippen LogP contribution < -0.4 is 0 Å². The summed E-state index contributed by atoms with van der Waals surface area (Å²) in [5.41, 5.74) is 1.54. The van der Waals surface area contributed by atoms with Crippen molar-refractivity contribution in [2.45, 2.75) is 64.2 Å². The second-order valence-electron chi connectivity index (χ2n) is 8.48. The third-order valence-corrected chi connectivity index (χ3v) is 6.62. The fourth-order valence-corrected chi connectivity index (χ4v) is 5.15. The van der Waals surface area contributed by atoms with E-state index in [0.717, 1.165) is 0 Å². The smallest absolute Gasteiger partial charge is 0.00240 e. The van der Waals surface area contributed by atoms with Crippen molar-refractivity contribution in [2.75, 3.05) is 0 Å². The van der Waals surface area contributed by atoms with Crippen LogP contribution in [0.2, 0.25) is 0 Å². The molecule has 0 spiro atoms. The van der Waals surface area contributed by atoms with Gasteiger partial charge >= 0.3 is 0 Å². The first-order chi connectivity index (χ1) is 13.4. The van der Waals surface area contributed by atoms with Crippen molar-refractivity contribution in [3.05, 3.63) is 66.1 Å². The molecule has 1 saturated carbocycles. The molecule has 137 valence electrons. The predicted octanol–water partition coefficient (Wildman–Crippen LogP) is 8.23. The molecule has 1 aliphatic carbocycles. The SMILES string of the molecule is c1cc2ccc3ccc(C[C]4CCCCCCCCC4)c4ccc(c1)c2c34. The van der Waals surface area contributed by atoms with Crippen molar-refractivity contribution in [3.63, 3.8) is 0 Å². The van der Waals surface area contributed by atoms with Crippen LogP contribution in [0.15, 0.2) is 54.6 Å². The molecule has 5 rings (SSSR count). The van der Waals surface area contributed by atoms with Gasteiger partial charge in [-0.1, -0.05) is 99.5 Å². The molecule has 1 fully saturated rings. The van der Waals surface area contributed by atoms with Crippen LogP contribution in [0.3, 0.4) is 0 Å². The summed E-state index contributed by atoms with van der Waals surface area (Å²) in [6.45, 7) is 0. The molecule has 0 aromatic heterocycles. The number of benzene rings is 4. The van der Waals surface area contributed by atoms with E-state index in [1.165, 1.54) is 102 Å². The van der Waals surface area contributed by atoms with Crippen LogP contribution in [-0.4, -0.2) is 0 Å². The molecule has 0 aliphatic heterocycles. The van der Waals surface area contributed by atoms with Crippen molar-refractivity contribution in [2.24, 2.45) is 0 Å². The highest BCUT2D eigenvalue weighted by atomic mass is 14.2. The number of rotatable bonds is 2. The number of hydrogen-bond acceptors (Lipinski definition) is 0. The molecule has 0 atom stereocenters. The molecule has 1 radical (unpaired) electrons. The van der Waals surface area contributed by atoms with Crippen LogP contribution in [0.25, 0.3) is 32.3 Å². The molecule has 0 N–H and O–H groups in total. The van der Waals surface area contributed by atoms with Gasteiger partial charge in [-0.15, -0.1) is 0 Å². The largest absolute Gasteiger partial charge is 0.0610 e. The summed E-state index contributed by atoms with van der Waals surface area (Å²) in [7, 11) is 0. The highest BCUT2D eigenvalue weighted by molar-refractivity contribution is 6.23. The Morgan fingerprint density at radius 1 is 0.519 bits per heavy atom. The van der Waals surface area contributed by atoms with E-state index in [-0.39, 0.29) is 0 Å². The maximum Gasteiger partial charge on any atom is -0.00240 e. The van der Waals surface area contributed by atoms with Crippen LogP contribution >= 0.6 is 0 Å². The van der Waals surface area contributed by atoms with E-state index in [4.69, 9.17) is 0 Å². The molecule has 0 heterocycles. The van der Waals surface area contributed by atoms with Crippen LogP contribution in [0.4, 0.5) is 0 Å². The van der Waals surface area contributed by atoms with Gasteiger partial charge in [-0.25, -0.2) is 0 Å². The van der Waals surface area contributed by atoms with Crippen molar-refractivity contribution >= 4 is 32.3 Å². The molecule has 0 amide bonds. The van der Waals surface area contributed by atoms with E-state index < -0.39 is 0 Å². The quantitative estimate of drug-likeness (QED) is 0.318. The minimum atomic E-state index is 1.17. The molecule has 0 bridgehead atoms. The first-order valence-corrected chi connectivity index (χ1v) is 10.9.